The second-order valence-electron chi connectivity index (χ2n) is 6.62. The zero-order chi connectivity index (χ0) is 19.1. The normalized spacial score (nSPS) is 14.8. The molecule has 0 radical (unpaired) electrons. The molecule has 0 aliphatic heterocycles. The van der Waals surface area contributed by atoms with Crippen molar-refractivity contribution in [2.24, 2.45) is 0 Å². The molecule has 2 aromatic carbocycles. The molecule has 0 spiro atoms. The van der Waals surface area contributed by atoms with Gasteiger partial charge in [-0.25, -0.2) is 13.1 Å². The topological polar surface area (TPSA) is 84.5 Å². The van der Waals surface area contributed by atoms with Gasteiger partial charge in [-0.2, -0.15) is 0 Å². The molecular formula is C20H24N2O4S. The fourth-order valence-electron chi connectivity index (χ4n) is 3.06. The van der Waals surface area contributed by atoms with Gasteiger partial charge >= 0.3 is 0 Å². The Balaban J connectivity index is 1.50. The van der Waals surface area contributed by atoms with Crippen molar-refractivity contribution in [1.82, 2.24) is 10.0 Å². The van der Waals surface area contributed by atoms with Crippen LogP contribution in [0.3, 0.4) is 0 Å². The van der Waals surface area contributed by atoms with E-state index in [-0.39, 0.29) is 30.0 Å². The summed E-state index contributed by atoms with van der Waals surface area (Å²) >= 11 is 0. The van der Waals surface area contributed by atoms with Crippen molar-refractivity contribution in [3.05, 3.63) is 60.2 Å². The number of nitrogens with one attached hydrogen (secondary N) is 2. The van der Waals surface area contributed by atoms with Gasteiger partial charge in [-0.05, 0) is 42.7 Å². The number of amides is 1. The van der Waals surface area contributed by atoms with Gasteiger partial charge in [0, 0.05) is 12.6 Å². The molecule has 1 aliphatic rings. The first-order chi connectivity index (χ1) is 13.0. The third-order valence-electron chi connectivity index (χ3n) is 4.53. The van der Waals surface area contributed by atoms with Gasteiger partial charge in [-0.15, -0.1) is 0 Å². The highest BCUT2D eigenvalue weighted by Crippen LogP contribution is 2.18. The van der Waals surface area contributed by atoms with Gasteiger partial charge < -0.3 is 10.1 Å². The number of hydrogen-bond donors (Lipinski definition) is 2. The molecule has 0 atom stereocenters. The van der Waals surface area contributed by atoms with Crippen molar-refractivity contribution in [3.63, 3.8) is 0 Å². The fourth-order valence-corrected chi connectivity index (χ4v) is 4.08. The number of carbonyl (C=O) groups excluding carboxylic acids is 1. The Bertz CT molecular complexity index is 845. The Hall–Kier alpha value is -2.38. The van der Waals surface area contributed by atoms with Gasteiger partial charge in [0.25, 0.3) is 5.91 Å². The SMILES string of the molecule is O=C(COc1ccc(S(=O)(=O)NCc2ccccc2)cc1)NC1CCCC1. The van der Waals surface area contributed by atoms with Crippen molar-refractivity contribution < 1.29 is 17.9 Å². The first kappa shape index (κ1) is 19.4. The minimum atomic E-state index is -3.61. The smallest absolute Gasteiger partial charge is 0.258 e. The van der Waals surface area contributed by atoms with Crippen LogP contribution >= 0.6 is 0 Å². The number of hydrogen-bond acceptors (Lipinski definition) is 4. The van der Waals surface area contributed by atoms with Crippen LogP contribution in [0.5, 0.6) is 5.75 Å². The third kappa shape index (κ3) is 5.80. The van der Waals surface area contributed by atoms with E-state index in [1.165, 1.54) is 12.1 Å². The summed E-state index contributed by atoms with van der Waals surface area (Å²) in [5, 5.41) is 2.95. The van der Waals surface area contributed by atoms with Crippen molar-refractivity contribution in [3.8, 4) is 5.75 Å². The van der Waals surface area contributed by atoms with Crippen LogP contribution in [0.15, 0.2) is 59.5 Å². The van der Waals surface area contributed by atoms with Crippen molar-refractivity contribution in [2.45, 2.75) is 43.2 Å². The van der Waals surface area contributed by atoms with Gasteiger partial charge in [0.15, 0.2) is 6.61 Å². The van der Waals surface area contributed by atoms with Crippen LogP contribution in [0.1, 0.15) is 31.2 Å². The summed E-state index contributed by atoms with van der Waals surface area (Å²) in [6.07, 6.45) is 4.35. The van der Waals surface area contributed by atoms with E-state index < -0.39 is 10.0 Å². The van der Waals surface area contributed by atoms with E-state index in [9.17, 15) is 13.2 Å². The first-order valence-corrected chi connectivity index (χ1v) is 10.6. The summed E-state index contributed by atoms with van der Waals surface area (Å²) in [5.41, 5.74) is 0.884. The highest BCUT2D eigenvalue weighted by Gasteiger charge is 2.17. The highest BCUT2D eigenvalue weighted by atomic mass is 32.2. The number of carbonyl (C=O) groups is 1. The summed E-state index contributed by atoms with van der Waals surface area (Å²) in [7, 11) is -3.61. The molecular weight excluding hydrogens is 364 g/mol. The van der Waals surface area contributed by atoms with Gasteiger partial charge in [0.05, 0.1) is 4.90 Å². The van der Waals surface area contributed by atoms with Gasteiger partial charge in [-0.3, -0.25) is 4.79 Å². The fraction of sp³-hybridized carbons (Fsp3) is 0.350. The molecule has 3 rings (SSSR count). The Kier molecular flexibility index (Phi) is 6.47. The lowest BCUT2D eigenvalue weighted by molar-refractivity contribution is -0.123. The maximum absolute atomic E-state index is 12.4. The van der Waals surface area contributed by atoms with E-state index >= 15 is 0 Å². The molecule has 1 fully saturated rings. The van der Waals surface area contributed by atoms with Crippen LogP contribution in [0, 0.1) is 0 Å². The van der Waals surface area contributed by atoms with E-state index in [2.05, 4.69) is 10.0 Å². The Morgan fingerprint density at radius 1 is 1.00 bits per heavy atom. The second-order valence-corrected chi connectivity index (χ2v) is 8.39. The van der Waals surface area contributed by atoms with Crippen LogP contribution in [0.2, 0.25) is 0 Å². The molecule has 0 saturated heterocycles. The molecule has 6 nitrogen and oxygen atoms in total. The summed E-state index contributed by atoms with van der Waals surface area (Å²) in [6, 6.07) is 15.6. The van der Waals surface area contributed by atoms with Crippen LogP contribution in [0.4, 0.5) is 0 Å². The molecule has 0 bridgehead atoms. The monoisotopic (exact) mass is 388 g/mol. The standard InChI is InChI=1S/C20H24N2O4S/c23-20(22-17-8-4-5-9-17)15-26-18-10-12-19(13-11-18)27(24,25)21-14-16-6-2-1-3-7-16/h1-3,6-7,10-13,17,21H,4-5,8-9,14-15H2,(H,22,23). The number of ether oxygens (including phenoxy) is 1. The van der Waals surface area contributed by atoms with Crippen LogP contribution < -0.4 is 14.8 Å². The van der Waals surface area contributed by atoms with E-state index in [4.69, 9.17) is 4.74 Å². The molecule has 27 heavy (non-hydrogen) atoms. The highest BCUT2D eigenvalue weighted by molar-refractivity contribution is 7.89. The zero-order valence-corrected chi connectivity index (χ0v) is 15.9. The summed E-state index contributed by atoms with van der Waals surface area (Å²) < 4.78 is 32.7. The van der Waals surface area contributed by atoms with Crippen LogP contribution in [0.25, 0.3) is 0 Å². The third-order valence-corrected chi connectivity index (χ3v) is 5.95. The molecule has 0 heterocycles. The number of sulfonamides is 1. The minimum absolute atomic E-state index is 0.0745. The molecule has 1 amide bonds. The Morgan fingerprint density at radius 3 is 2.33 bits per heavy atom. The van der Waals surface area contributed by atoms with Crippen molar-refractivity contribution in [1.29, 1.82) is 0 Å². The molecule has 144 valence electrons. The van der Waals surface area contributed by atoms with E-state index in [0.29, 0.717) is 5.75 Å². The molecule has 0 aromatic heterocycles. The van der Waals surface area contributed by atoms with Crippen LogP contribution in [-0.4, -0.2) is 27.0 Å². The number of rotatable bonds is 8. The Labute approximate surface area is 160 Å². The predicted molar refractivity (Wildman–Crippen MR) is 103 cm³/mol. The van der Waals surface area contributed by atoms with Crippen LogP contribution in [-0.2, 0) is 21.4 Å². The van der Waals surface area contributed by atoms with Crippen molar-refractivity contribution >= 4 is 15.9 Å². The summed E-state index contributed by atoms with van der Waals surface area (Å²) in [4.78, 5) is 12.0. The van der Waals surface area contributed by atoms with Gasteiger partial charge in [0.1, 0.15) is 5.75 Å². The molecule has 2 N–H and O–H groups in total. The molecule has 7 heteroatoms. The largest absolute Gasteiger partial charge is 0.484 e. The maximum atomic E-state index is 12.4. The lowest BCUT2D eigenvalue weighted by atomic mass is 10.2. The van der Waals surface area contributed by atoms with Crippen molar-refractivity contribution in [2.75, 3.05) is 6.61 Å². The first-order valence-electron chi connectivity index (χ1n) is 9.09. The molecule has 1 saturated carbocycles. The van der Waals surface area contributed by atoms with E-state index in [1.807, 2.05) is 30.3 Å². The van der Waals surface area contributed by atoms with E-state index in [0.717, 1.165) is 31.2 Å². The summed E-state index contributed by atoms with van der Waals surface area (Å²) in [6.45, 7) is 0.150. The Morgan fingerprint density at radius 2 is 1.67 bits per heavy atom. The quantitative estimate of drug-likeness (QED) is 0.728. The average Bonchev–Trinajstić information content (AvgIpc) is 3.19. The van der Waals surface area contributed by atoms with Gasteiger partial charge in [-0.1, -0.05) is 43.2 Å². The molecule has 2 aromatic rings. The average molecular weight is 388 g/mol. The van der Waals surface area contributed by atoms with E-state index in [1.54, 1.807) is 12.1 Å². The maximum Gasteiger partial charge on any atom is 0.258 e. The zero-order valence-electron chi connectivity index (χ0n) is 15.1. The minimum Gasteiger partial charge on any atom is -0.484 e. The molecule has 0 unspecified atom stereocenters. The predicted octanol–water partition coefficient (Wildman–Crippen LogP) is 2.60. The molecule has 1 aliphatic carbocycles. The lowest BCUT2D eigenvalue weighted by Gasteiger charge is -2.12. The number of benzene rings is 2. The second kappa shape index (κ2) is 9.01. The lowest BCUT2D eigenvalue weighted by Crippen LogP contribution is -2.36. The van der Waals surface area contributed by atoms with Gasteiger partial charge in [0.2, 0.25) is 10.0 Å². The summed E-state index contributed by atoms with van der Waals surface area (Å²) in [5.74, 6) is 0.307.